The largest absolute Gasteiger partial charge is 0.363 e. The zero-order chi connectivity index (χ0) is 24.0. The molecule has 0 saturated carbocycles. The van der Waals surface area contributed by atoms with Crippen LogP contribution in [0.1, 0.15) is 11.1 Å². The molecular formula is C22H28N6O4S. The molecule has 0 radical (unpaired) electrons. The van der Waals surface area contributed by atoms with E-state index in [1.807, 2.05) is 36.0 Å². The molecule has 1 saturated heterocycles. The number of piperazine rings is 1. The summed E-state index contributed by atoms with van der Waals surface area (Å²) >= 11 is 0. The lowest BCUT2D eigenvalue weighted by atomic mass is 10.1. The number of hydrogen-bond acceptors (Lipinski definition) is 8. The SMILES string of the molecule is CN(C)CCNS(=O)(=O)c1ccc(N2CCN(Cc3ccc(C#N)cc3)CC2)c([N+](=O)[O-])c1. The molecule has 2 aromatic carbocycles. The average Bonchev–Trinajstić information content (AvgIpc) is 2.79. The van der Waals surface area contributed by atoms with Gasteiger partial charge in [-0.2, -0.15) is 5.26 Å². The van der Waals surface area contributed by atoms with E-state index in [4.69, 9.17) is 5.26 Å². The Morgan fingerprint density at radius 3 is 2.36 bits per heavy atom. The van der Waals surface area contributed by atoms with Gasteiger partial charge in [-0.25, -0.2) is 13.1 Å². The number of sulfonamides is 1. The summed E-state index contributed by atoms with van der Waals surface area (Å²) in [6.45, 7) is 4.07. The minimum Gasteiger partial charge on any atom is -0.363 e. The standard InChI is InChI=1S/C22H28N6O4S/c1-25(2)10-9-24-33(31,32)20-7-8-21(22(15-20)28(29)30)27-13-11-26(12-14-27)17-19-5-3-18(16-23)4-6-19/h3-8,15,24H,9-14,17H2,1-2H3. The molecular weight excluding hydrogens is 444 g/mol. The fraction of sp³-hybridized carbons (Fsp3) is 0.409. The fourth-order valence-corrected chi connectivity index (χ4v) is 4.70. The third kappa shape index (κ3) is 6.49. The summed E-state index contributed by atoms with van der Waals surface area (Å²) in [5, 5.41) is 20.6. The molecule has 0 bridgehead atoms. The highest BCUT2D eigenvalue weighted by Gasteiger charge is 2.26. The Morgan fingerprint density at radius 1 is 1.12 bits per heavy atom. The number of hydrogen-bond donors (Lipinski definition) is 1. The van der Waals surface area contributed by atoms with Crippen molar-refractivity contribution < 1.29 is 13.3 Å². The molecule has 0 amide bonds. The van der Waals surface area contributed by atoms with Crippen molar-refractivity contribution in [3.63, 3.8) is 0 Å². The maximum Gasteiger partial charge on any atom is 0.293 e. The average molecular weight is 473 g/mol. The van der Waals surface area contributed by atoms with Crippen molar-refractivity contribution in [3.05, 3.63) is 63.7 Å². The van der Waals surface area contributed by atoms with Crippen LogP contribution in [-0.2, 0) is 16.6 Å². The predicted octanol–water partition coefficient (Wildman–Crippen LogP) is 1.63. The van der Waals surface area contributed by atoms with Gasteiger partial charge in [-0.1, -0.05) is 12.1 Å². The van der Waals surface area contributed by atoms with Crippen molar-refractivity contribution >= 4 is 21.4 Å². The summed E-state index contributed by atoms with van der Waals surface area (Å²) in [4.78, 5) is 17.1. The van der Waals surface area contributed by atoms with Gasteiger partial charge in [0.2, 0.25) is 10.0 Å². The Morgan fingerprint density at radius 2 is 1.79 bits per heavy atom. The molecule has 0 atom stereocenters. The van der Waals surface area contributed by atoms with Gasteiger partial charge in [0.1, 0.15) is 5.69 Å². The third-order valence-electron chi connectivity index (χ3n) is 5.51. The van der Waals surface area contributed by atoms with E-state index in [0.29, 0.717) is 44.0 Å². The minimum absolute atomic E-state index is 0.115. The smallest absolute Gasteiger partial charge is 0.293 e. The van der Waals surface area contributed by atoms with Crippen LogP contribution in [0.3, 0.4) is 0 Å². The summed E-state index contributed by atoms with van der Waals surface area (Å²) in [5.74, 6) is 0. The predicted molar refractivity (Wildman–Crippen MR) is 125 cm³/mol. The first-order chi connectivity index (χ1) is 15.7. The van der Waals surface area contributed by atoms with E-state index < -0.39 is 14.9 Å². The van der Waals surface area contributed by atoms with Gasteiger partial charge in [0.05, 0.1) is 21.5 Å². The molecule has 1 fully saturated rings. The first-order valence-electron chi connectivity index (χ1n) is 10.6. The topological polar surface area (TPSA) is 123 Å². The number of nitrogens with one attached hydrogen (secondary N) is 1. The van der Waals surface area contributed by atoms with E-state index in [1.54, 1.807) is 12.1 Å². The zero-order valence-electron chi connectivity index (χ0n) is 18.8. The van der Waals surface area contributed by atoms with Crippen molar-refractivity contribution in [1.82, 2.24) is 14.5 Å². The van der Waals surface area contributed by atoms with E-state index in [1.165, 1.54) is 12.1 Å². The number of nitro benzene ring substituents is 1. The molecule has 0 spiro atoms. The number of nitriles is 1. The molecule has 3 rings (SSSR count). The van der Waals surface area contributed by atoms with Crippen molar-refractivity contribution in [3.8, 4) is 6.07 Å². The molecule has 1 N–H and O–H groups in total. The van der Waals surface area contributed by atoms with Crippen LogP contribution >= 0.6 is 0 Å². The Bertz CT molecular complexity index is 1120. The third-order valence-corrected chi connectivity index (χ3v) is 6.97. The first kappa shape index (κ1) is 24.6. The monoisotopic (exact) mass is 472 g/mol. The van der Waals surface area contributed by atoms with Crippen LogP contribution in [0.5, 0.6) is 0 Å². The number of likely N-dealkylation sites (N-methyl/N-ethyl adjacent to an activating group) is 1. The molecule has 1 aliphatic rings. The number of nitro groups is 1. The van der Waals surface area contributed by atoms with E-state index in [0.717, 1.165) is 18.2 Å². The lowest BCUT2D eigenvalue weighted by Gasteiger charge is -2.35. The summed E-state index contributed by atoms with van der Waals surface area (Å²) in [7, 11) is -0.173. The van der Waals surface area contributed by atoms with Crippen molar-refractivity contribution in [2.24, 2.45) is 0 Å². The number of anilines is 1. The van der Waals surface area contributed by atoms with Gasteiger partial charge in [0, 0.05) is 51.9 Å². The molecule has 0 aliphatic carbocycles. The molecule has 1 aliphatic heterocycles. The van der Waals surface area contributed by atoms with Gasteiger partial charge in [-0.15, -0.1) is 0 Å². The second-order valence-corrected chi connectivity index (χ2v) is 9.95. The van der Waals surface area contributed by atoms with E-state index in [-0.39, 0.29) is 17.1 Å². The maximum atomic E-state index is 12.5. The summed E-state index contributed by atoms with van der Waals surface area (Å²) in [6.07, 6.45) is 0. The Hall–Kier alpha value is -3.04. The Balaban J connectivity index is 1.68. The van der Waals surface area contributed by atoms with Crippen LogP contribution in [-0.4, -0.2) is 76.5 Å². The molecule has 176 valence electrons. The van der Waals surface area contributed by atoms with Gasteiger partial charge in [0.25, 0.3) is 5.69 Å². The van der Waals surface area contributed by atoms with Crippen LogP contribution in [0.4, 0.5) is 11.4 Å². The minimum atomic E-state index is -3.84. The molecule has 0 aromatic heterocycles. The van der Waals surface area contributed by atoms with Gasteiger partial charge in [-0.3, -0.25) is 15.0 Å². The van der Waals surface area contributed by atoms with Crippen molar-refractivity contribution in [2.45, 2.75) is 11.4 Å². The molecule has 10 nitrogen and oxygen atoms in total. The number of benzene rings is 2. The molecule has 1 heterocycles. The van der Waals surface area contributed by atoms with Gasteiger partial charge >= 0.3 is 0 Å². The quantitative estimate of drug-likeness (QED) is 0.432. The molecule has 11 heteroatoms. The van der Waals surface area contributed by atoms with Crippen molar-refractivity contribution in [1.29, 1.82) is 5.26 Å². The lowest BCUT2D eigenvalue weighted by Crippen LogP contribution is -2.46. The second kappa shape index (κ2) is 10.7. The maximum absolute atomic E-state index is 12.5. The normalized spacial score (nSPS) is 14.9. The van der Waals surface area contributed by atoms with Gasteiger partial charge < -0.3 is 9.80 Å². The lowest BCUT2D eigenvalue weighted by molar-refractivity contribution is -0.384. The zero-order valence-corrected chi connectivity index (χ0v) is 19.6. The highest BCUT2D eigenvalue weighted by atomic mass is 32.2. The van der Waals surface area contributed by atoms with Crippen LogP contribution in [0.2, 0.25) is 0 Å². The Kier molecular flexibility index (Phi) is 7.99. The second-order valence-electron chi connectivity index (χ2n) is 8.18. The fourth-order valence-electron chi connectivity index (χ4n) is 3.66. The van der Waals surface area contributed by atoms with Crippen LogP contribution in [0.25, 0.3) is 0 Å². The summed E-state index contributed by atoms with van der Waals surface area (Å²) in [6, 6.07) is 13.6. The summed E-state index contributed by atoms with van der Waals surface area (Å²) < 4.78 is 27.6. The number of rotatable bonds is 9. The molecule has 0 unspecified atom stereocenters. The van der Waals surface area contributed by atoms with Crippen LogP contribution < -0.4 is 9.62 Å². The van der Waals surface area contributed by atoms with E-state index in [9.17, 15) is 18.5 Å². The Labute approximate surface area is 194 Å². The van der Waals surface area contributed by atoms with E-state index in [2.05, 4.69) is 15.7 Å². The highest BCUT2D eigenvalue weighted by molar-refractivity contribution is 7.89. The number of nitrogens with zero attached hydrogens (tertiary/aromatic N) is 5. The highest BCUT2D eigenvalue weighted by Crippen LogP contribution is 2.31. The first-order valence-corrected chi connectivity index (χ1v) is 12.1. The van der Waals surface area contributed by atoms with Crippen molar-refractivity contribution in [2.75, 3.05) is 58.3 Å². The molecule has 33 heavy (non-hydrogen) atoms. The van der Waals surface area contributed by atoms with Crippen LogP contribution in [0.15, 0.2) is 47.4 Å². The van der Waals surface area contributed by atoms with Crippen LogP contribution in [0, 0.1) is 21.4 Å². The molecule has 2 aromatic rings. The van der Waals surface area contributed by atoms with E-state index >= 15 is 0 Å². The van der Waals surface area contributed by atoms with Gasteiger partial charge in [-0.05, 0) is 43.9 Å². The summed E-state index contributed by atoms with van der Waals surface area (Å²) in [5.41, 5.74) is 1.93. The van der Waals surface area contributed by atoms with Gasteiger partial charge in [0.15, 0.2) is 0 Å².